The van der Waals surface area contributed by atoms with Gasteiger partial charge in [0.25, 0.3) is 0 Å². The number of hydrogen-bond donors (Lipinski definition) is 3. The van der Waals surface area contributed by atoms with Gasteiger partial charge in [-0.3, -0.25) is 28.2 Å². The second kappa shape index (κ2) is 29.3. The molecule has 0 bridgehead atoms. The predicted octanol–water partition coefficient (Wildman–Crippen LogP) is -1.90. The summed E-state index contributed by atoms with van der Waals surface area (Å²) in [7, 11) is 0. The normalized spacial score (nSPS) is 4.92. The van der Waals surface area contributed by atoms with E-state index >= 15 is 0 Å². The van der Waals surface area contributed by atoms with Crippen LogP contribution >= 0.6 is 0 Å². The Morgan fingerprint density at radius 3 is 0.667 bits per heavy atom. The molecule has 12 heavy (non-hydrogen) atoms. The van der Waals surface area contributed by atoms with Crippen LogP contribution in [0.3, 0.4) is 0 Å². The van der Waals surface area contributed by atoms with Gasteiger partial charge in [-0.2, -0.15) is 0 Å². The zero-order chi connectivity index (χ0) is 4.50. The molecule has 12 heteroatoms. The third kappa shape index (κ3) is 457. The molecule has 0 fully saturated rings. The third-order valence-corrected chi connectivity index (χ3v) is 0. The third-order valence-electron chi connectivity index (χ3n) is 0. The molecule has 0 atom stereocenters. The first-order valence-electron chi connectivity index (χ1n) is 0.783. The minimum absolute atomic E-state index is 0. The first-order valence-corrected chi connectivity index (χ1v) is 5.25. The van der Waals surface area contributed by atoms with E-state index in [4.69, 9.17) is 13.2 Å². The van der Waals surface area contributed by atoms with Gasteiger partial charge in [-0.1, -0.05) is 0 Å². The van der Waals surface area contributed by atoms with Crippen molar-refractivity contribution in [3.63, 3.8) is 0 Å². The van der Waals surface area contributed by atoms with Crippen molar-refractivity contribution >= 4 is 71.4 Å². The molecule has 0 aliphatic rings. The van der Waals surface area contributed by atoms with E-state index in [1.165, 1.54) is 0 Å². The van der Waals surface area contributed by atoms with Gasteiger partial charge in [-0.25, -0.2) is 0 Å². The van der Waals surface area contributed by atoms with E-state index < -0.39 is 20.1 Å². The first kappa shape index (κ1) is 67.9. The summed E-state index contributed by atoms with van der Waals surface area (Å²) in [5, 5.41) is 0. The summed E-state index contributed by atoms with van der Waals surface area (Å²) in [6.07, 6.45) is 0. The topological polar surface area (TPSA) is 77.8 Å². The molecule has 0 unspecified atom stereocenters. The molecule has 3 N–H and O–H groups in total. The van der Waals surface area contributed by atoms with Crippen LogP contribution in [0.1, 0.15) is 0 Å². The Hall–Kier alpha value is 1.71. The minimum atomic E-state index is -5.35. The van der Waals surface area contributed by atoms with Crippen molar-refractivity contribution < 1.29 is 41.4 Å². The van der Waals surface area contributed by atoms with E-state index in [9.17, 15) is 0 Å². The molecule has 0 saturated heterocycles. The van der Waals surface area contributed by atoms with Crippen LogP contribution in [-0.4, -0.2) is 81.6 Å². The molecule has 0 aliphatic carbocycles. The molecular weight excluding hydrogens is 339 g/mol. The molecular formula is H10F6KO4Sb. The van der Waals surface area contributed by atoms with Gasteiger partial charge in [0.15, 0.2) is 0 Å². The van der Waals surface area contributed by atoms with E-state index in [0.29, 0.717) is 0 Å². The molecule has 0 amide bonds. The fourth-order valence-corrected chi connectivity index (χ4v) is 0. The average molecular weight is 349 g/mol. The summed E-state index contributed by atoms with van der Waals surface area (Å²) in [5.41, 5.74) is 0. The number of hydrogen-bond acceptors (Lipinski definition) is 1. The molecule has 4 nitrogen and oxygen atoms in total. The average Bonchev–Trinajstić information content (AvgIpc) is 0.722. The van der Waals surface area contributed by atoms with Crippen molar-refractivity contribution in [2.75, 3.05) is 0 Å². The second-order valence-corrected chi connectivity index (χ2v) is 3.44. The molecule has 0 rings (SSSR count). The van der Waals surface area contributed by atoms with Crippen LogP contribution in [0.4, 0.5) is 28.2 Å². The van der Waals surface area contributed by atoms with Crippen LogP contribution in [-0.2, 0) is 3.02 Å². The fraction of sp³-hybridized carbons (Fsp3) is 0. The van der Waals surface area contributed by atoms with Crippen LogP contribution in [0.25, 0.3) is 0 Å². The molecule has 0 heterocycles. The van der Waals surface area contributed by atoms with Crippen LogP contribution in [0.2, 0.25) is 0 Å². The van der Waals surface area contributed by atoms with Crippen LogP contribution in [0.15, 0.2) is 0 Å². The van der Waals surface area contributed by atoms with Gasteiger partial charge in [0, 0.05) is 0 Å². The number of halogens is 6. The summed E-state index contributed by atoms with van der Waals surface area (Å²) in [4.78, 5) is 0. The van der Waals surface area contributed by atoms with E-state index in [1.807, 2.05) is 0 Å². The maximum atomic E-state index is 8.97. The van der Waals surface area contributed by atoms with E-state index in [-0.39, 0.29) is 79.6 Å². The maximum absolute atomic E-state index is 8.97. The van der Waals surface area contributed by atoms with Gasteiger partial charge in [0.1, 0.15) is 0 Å². The molecule has 82 valence electrons. The zero-order valence-electron chi connectivity index (χ0n) is 4.65. The molecule has 0 spiro atoms. The molecule has 0 radical (unpaired) electrons. The summed E-state index contributed by atoms with van der Waals surface area (Å²) >= 11 is -5.35. The molecule has 0 aromatic heterocycles. The Balaban J connectivity index is -0.00000000381. The number of rotatable bonds is 0. The Kier molecular flexibility index (Phi) is 166. The standard InChI is InChI=1S/6FH.K.3H2O.O.Sb.H/h6*1H;;3*1H2;;;/q;;;;;;;;;;;+3;/p-3. The summed E-state index contributed by atoms with van der Waals surface area (Å²) < 4.78 is 30.8. The van der Waals surface area contributed by atoms with Crippen LogP contribution < -0.4 is 0 Å². The van der Waals surface area contributed by atoms with Gasteiger partial charge in [0.05, 0.1) is 0 Å². The summed E-state index contributed by atoms with van der Waals surface area (Å²) in [6.45, 7) is 0. The SMILES string of the molecule is F.F.F.F.F.F.[KH].[O]=[Sb]([OH])([OH])[OH]. The van der Waals surface area contributed by atoms with E-state index in [2.05, 4.69) is 0 Å². The summed E-state index contributed by atoms with van der Waals surface area (Å²) in [6, 6.07) is 0. The van der Waals surface area contributed by atoms with Crippen molar-refractivity contribution in [1.29, 1.82) is 0 Å². The van der Waals surface area contributed by atoms with E-state index in [1.54, 1.807) is 0 Å². The van der Waals surface area contributed by atoms with Gasteiger partial charge >= 0.3 is 84.6 Å². The predicted molar refractivity (Wildman–Crippen MR) is 35.3 cm³/mol. The van der Waals surface area contributed by atoms with Gasteiger partial charge in [-0.05, 0) is 0 Å². The monoisotopic (exact) mass is 348 g/mol. The van der Waals surface area contributed by atoms with E-state index in [0.717, 1.165) is 0 Å². The first-order chi connectivity index (χ1) is 2.00. The van der Waals surface area contributed by atoms with Gasteiger partial charge in [0.2, 0.25) is 0 Å². The van der Waals surface area contributed by atoms with Gasteiger partial charge in [-0.15, -0.1) is 0 Å². The molecule has 0 aliphatic heterocycles. The van der Waals surface area contributed by atoms with Crippen molar-refractivity contribution in [1.82, 2.24) is 0 Å². The summed E-state index contributed by atoms with van der Waals surface area (Å²) in [5.74, 6) is 0. The molecule has 0 aromatic carbocycles. The van der Waals surface area contributed by atoms with Crippen LogP contribution in [0.5, 0.6) is 0 Å². The van der Waals surface area contributed by atoms with Crippen molar-refractivity contribution in [3.05, 3.63) is 0 Å². The second-order valence-electron chi connectivity index (χ2n) is 0.513. The van der Waals surface area contributed by atoms with Crippen molar-refractivity contribution in [2.24, 2.45) is 0 Å². The Bertz CT molecular complexity index is 65.7. The van der Waals surface area contributed by atoms with Crippen molar-refractivity contribution in [2.45, 2.75) is 0 Å². The van der Waals surface area contributed by atoms with Crippen molar-refractivity contribution in [3.8, 4) is 0 Å². The Morgan fingerprint density at radius 2 is 0.667 bits per heavy atom. The molecule has 0 saturated carbocycles. The van der Waals surface area contributed by atoms with Gasteiger partial charge < -0.3 is 0 Å². The Labute approximate surface area is 111 Å². The Morgan fingerprint density at radius 1 is 0.667 bits per heavy atom. The van der Waals surface area contributed by atoms with Crippen LogP contribution in [0, 0.1) is 0 Å². The quantitative estimate of drug-likeness (QED) is 0.353. The zero-order valence-corrected chi connectivity index (χ0v) is 7.20. The fourth-order valence-electron chi connectivity index (χ4n) is 0. The molecule has 0 aromatic rings.